The summed E-state index contributed by atoms with van der Waals surface area (Å²) >= 11 is 0. The van der Waals surface area contributed by atoms with E-state index in [1.807, 2.05) is 13.0 Å². The van der Waals surface area contributed by atoms with Gasteiger partial charge in [-0.1, -0.05) is 19.9 Å². The molecule has 0 bridgehead atoms. The number of nitrogens with zero attached hydrogens (tertiary/aromatic N) is 2. The number of benzene rings is 1. The number of hydrogen-bond acceptors (Lipinski definition) is 4. The van der Waals surface area contributed by atoms with Gasteiger partial charge < -0.3 is 15.4 Å². The van der Waals surface area contributed by atoms with Crippen LogP contribution in [0.15, 0.2) is 18.2 Å². The fraction of sp³-hybridized carbons (Fsp3) is 0.647. The zero-order valence-corrected chi connectivity index (χ0v) is 13.8. The highest BCUT2D eigenvalue weighted by Gasteiger charge is 2.22. The van der Waals surface area contributed by atoms with Crippen molar-refractivity contribution in [2.45, 2.75) is 26.8 Å². The van der Waals surface area contributed by atoms with Crippen molar-refractivity contribution in [3.05, 3.63) is 23.8 Å². The van der Waals surface area contributed by atoms with Crippen LogP contribution in [0.3, 0.4) is 0 Å². The quantitative estimate of drug-likeness (QED) is 0.905. The fourth-order valence-electron chi connectivity index (χ4n) is 3.13. The maximum absolute atomic E-state index is 6.17. The highest BCUT2D eigenvalue weighted by molar-refractivity contribution is 5.61. The average molecular weight is 291 g/mol. The van der Waals surface area contributed by atoms with Crippen molar-refractivity contribution in [3.8, 4) is 5.75 Å². The highest BCUT2D eigenvalue weighted by Crippen LogP contribution is 2.34. The lowest BCUT2D eigenvalue weighted by molar-refractivity contribution is 0.231. The molecule has 0 radical (unpaired) electrons. The molecule has 1 aliphatic heterocycles. The van der Waals surface area contributed by atoms with Crippen LogP contribution in [0.5, 0.6) is 5.75 Å². The number of piperazine rings is 1. The lowest BCUT2D eigenvalue weighted by Gasteiger charge is -2.38. The minimum atomic E-state index is -0.0233. The molecule has 0 amide bonds. The number of ether oxygens (including phenoxy) is 1. The van der Waals surface area contributed by atoms with Gasteiger partial charge in [-0.2, -0.15) is 0 Å². The van der Waals surface area contributed by atoms with Gasteiger partial charge in [-0.25, -0.2) is 0 Å². The normalized spacial score (nSPS) is 18.1. The van der Waals surface area contributed by atoms with Gasteiger partial charge in [0.15, 0.2) is 0 Å². The molecule has 1 heterocycles. The summed E-state index contributed by atoms with van der Waals surface area (Å²) in [5.74, 6) is 1.63. The van der Waals surface area contributed by atoms with Crippen LogP contribution in [0.4, 0.5) is 5.69 Å². The first-order chi connectivity index (χ1) is 10.0. The predicted octanol–water partition coefficient (Wildman–Crippen LogP) is 2.49. The second-order valence-electron chi connectivity index (χ2n) is 6.36. The Kier molecular flexibility index (Phi) is 5.48. The molecular weight excluding hydrogens is 262 g/mol. The summed E-state index contributed by atoms with van der Waals surface area (Å²) in [6.07, 6.45) is 0. The topological polar surface area (TPSA) is 41.7 Å². The smallest absolute Gasteiger partial charge is 0.125 e. The van der Waals surface area contributed by atoms with Crippen molar-refractivity contribution in [1.82, 2.24) is 4.90 Å². The molecule has 1 saturated heterocycles. The van der Waals surface area contributed by atoms with E-state index in [4.69, 9.17) is 10.5 Å². The molecule has 4 nitrogen and oxygen atoms in total. The third-order valence-corrected chi connectivity index (χ3v) is 4.05. The summed E-state index contributed by atoms with van der Waals surface area (Å²) in [4.78, 5) is 4.99. The summed E-state index contributed by atoms with van der Waals surface area (Å²) in [7, 11) is 1.71. The standard InChI is InChI=1S/C17H29N3O/c1-13(2)12-19-8-10-20(11-9-19)15-6-5-7-16(21-4)17(15)14(3)18/h5-7,13-14H,8-12,18H2,1-4H3. The minimum Gasteiger partial charge on any atom is -0.496 e. The third-order valence-electron chi connectivity index (χ3n) is 4.05. The predicted molar refractivity (Wildman–Crippen MR) is 89.1 cm³/mol. The monoisotopic (exact) mass is 291 g/mol. The van der Waals surface area contributed by atoms with Gasteiger partial charge in [-0.3, -0.25) is 4.90 Å². The highest BCUT2D eigenvalue weighted by atomic mass is 16.5. The first kappa shape index (κ1) is 16.1. The molecule has 2 rings (SSSR count). The van der Waals surface area contributed by atoms with Crippen molar-refractivity contribution in [3.63, 3.8) is 0 Å². The Morgan fingerprint density at radius 3 is 2.33 bits per heavy atom. The van der Waals surface area contributed by atoms with Crippen molar-refractivity contribution in [2.24, 2.45) is 11.7 Å². The molecule has 1 atom stereocenters. The Morgan fingerprint density at radius 1 is 1.14 bits per heavy atom. The number of hydrogen-bond donors (Lipinski definition) is 1. The molecule has 1 aromatic carbocycles. The van der Waals surface area contributed by atoms with Crippen LogP contribution >= 0.6 is 0 Å². The van der Waals surface area contributed by atoms with Crippen LogP contribution in [0, 0.1) is 5.92 Å². The van der Waals surface area contributed by atoms with Crippen molar-refractivity contribution >= 4 is 5.69 Å². The van der Waals surface area contributed by atoms with E-state index >= 15 is 0 Å². The van der Waals surface area contributed by atoms with Gasteiger partial charge >= 0.3 is 0 Å². The van der Waals surface area contributed by atoms with Gasteiger partial charge in [-0.15, -0.1) is 0 Å². The van der Waals surface area contributed by atoms with Crippen LogP contribution in [0.25, 0.3) is 0 Å². The zero-order chi connectivity index (χ0) is 15.4. The van der Waals surface area contributed by atoms with Crippen LogP contribution in [-0.4, -0.2) is 44.7 Å². The Bertz CT molecular complexity index is 451. The maximum Gasteiger partial charge on any atom is 0.125 e. The number of anilines is 1. The summed E-state index contributed by atoms with van der Waals surface area (Å²) in [5.41, 5.74) is 8.53. The summed E-state index contributed by atoms with van der Waals surface area (Å²) in [6, 6.07) is 6.20. The molecule has 0 aromatic heterocycles. The average Bonchev–Trinajstić information content (AvgIpc) is 2.46. The molecule has 2 N–H and O–H groups in total. The first-order valence-corrected chi connectivity index (χ1v) is 7.92. The van der Waals surface area contributed by atoms with Gasteiger partial charge in [0.25, 0.3) is 0 Å². The molecular formula is C17H29N3O. The molecule has 4 heteroatoms. The summed E-state index contributed by atoms with van der Waals surface area (Å²) in [5, 5.41) is 0. The largest absolute Gasteiger partial charge is 0.496 e. The van der Waals surface area contributed by atoms with Gasteiger partial charge in [-0.05, 0) is 25.0 Å². The molecule has 21 heavy (non-hydrogen) atoms. The van der Waals surface area contributed by atoms with E-state index in [2.05, 4.69) is 35.8 Å². The van der Waals surface area contributed by atoms with Crippen molar-refractivity contribution in [2.75, 3.05) is 44.7 Å². The Morgan fingerprint density at radius 2 is 1.81 bits per heavy atom. The molecule has 1 unspecified atom stereocenters. The SMILES string of the molecule is COc1cccc(N2CCN(CC(C)C)CC2)c1C(C)N. The number of nitrogens with two attached hydrogens (primary N) is 1. The van der Waals surface area contributed by atoms with Gasteiger partial charge in [0.1, 0.15) is 5.75 Å². The van der Waals surface area contributed by atoms with E-state index in [1.165, 1.54) is 12.2 Å². The van der Waals surface area contributed by atoms with Crippen molar-refractivity contribution in [1.29, 1.82) is 0 Å². The lowest BCUT2D eigenvalue weighted by atomic mass is 10.0. The molecule has 1 fully saturated rings. The minimum absolute atomic E-state index is 0.0233. The van der Waals surface area contributed by atoms with Gasteiger partial charge in [0.2, 0.25) is 0 Å². The van der Waals surface area contributed by atoms with E-state index in [0.29, 0.717) is 0 Å². The van der Waals surface area contributed by atoms with Crippen LogP contribution in [-0.2, 0) is 0 Å². The number of rotatable bonds is 5. The molecule has 118 valence electrons. The van der Waals surface area contributed by atoms with Gasteiger partial charge in [0, 0.05) is 50.0 Å². The molecule has 0 spiro atoms. The Labute approximate surface area is 128 Å². The van der Waals surface area contributed by atoms with Crippen LogP contribution < -0.4 is 15.4 Å². The van der Waals surface area contributed by atoms with E-state index in [1.54, 1.807) is 7.11 Å². The third kappa shape index (κ3) is 3.89. The van der Waals surface area contributed by atoms with Crippen LogP contribution in [0.1, 0.15) is 32.4 Å². The molecule has 1 aliphatic rings. The van der Waals surface area contributed by atoms with E-state index < -0.39 is 0 Å². The summed E-state index contributed by atoms with van der Waals surface area (Å²) < 4.78 is 5.49. The van der Waals surface area contributed by atoms with Gasteiger partial charge in [0.05, 0.1) is 7.11 Å². The molecule has 1 aromatic rings. The molecule has 0 saturated carbocycles. The number of methoxy groups -OCH3 is 1. The van der Waals surface area contributed by atoms with Crippen molar-refractivity contribution < 1.29 is 4.74 Å². The zero-order valence-electron chi connectivity index (χ0n) is 13.8. The Hall–Kier alpha value is -1.26. The second-order valence-corrected chi connectivity index (χ2v) is 6.36. The van der Waals surface area contributed by atoms with Crippen LogP contribution in [0.2, 0.25) is 0 Å². The van der Waals surface area contributed by atoms with E-state index in [0.717, 1.165) is 43.4 Å². The Balaban J connectivity index is 2.13. The van der Waals surface area contributed by atoms with E-state index in [9.17, 15) is 0 Å². The first-order valence-electron chi connectivity index (χ1n) is 7.92. The molecule has 0 aliphatic carbocycles. The second kappa shape index (κ2) is 7.14. The van der Waals surface area contributed by atoms with E-state index in [-0.39, 0.29) is 6.04 Å². The lowest BCUT2D eigenvalue weighted by Crippen LogP contribution is -2.47. The fourth-order valence-corrected chi connectivity index (χ4v) is 3.13. The summed E-state index contributed by atoms with van der Waals surface area (Å²) in [6.45, 7) is 12.1. The maximum atomic E-state index is 6.17.